The van der Waals surface area contributed by atoms with Crippen LogP contribution < -0.4 is 15.4 Å². The van der Waals surface area contributed by atoms with E-state index in [9.17, 15) is 9.18 Å². The monoisotopic (exact) mass is 625 g/mol. The Labute approximate surface area is 264 Å². The van der Waals surface area contributed by atoms with Crippen LogP contribution in [0.1, 0.15) is 35.2 Å². The Morgan fingerprint density at radius 1 is 1.00 bits per heavy atom. The van der Waals surface area contributed by atoms with Gasteiger partial charge in [0.15, 0.2) is 0 Å². The molecule has 1 atom stereocenters. The Kier molecular flexibility index (Phi) is 8.67. The Hall–Kier alpha value is -4.60. The van der Waals surface area contributed by atoms with Gasteiger partial charge in [0, 0.05) is 27.7 Å². The lowest BCUT2D eigenvalue weighted by molar-refractivity contribution is -0.113. The number of aryl methyl sites for hydroxylation is 1. The highest BCUT2D eigenvalue weighted by atomic mass is 35.5. The van der Waals surface area contributed by atoms with E-state index < -0.39 is 6.04 Å². The first-order valence-corrected chi connectivity index (χ1v) is 15.4. The number of fused-ring (bicyclic) bond motifs is 1. The summed E-state index contributed by atoms with van der Waals surface area (Å²) in [6, 6.07) is 28.8. The van der Waals surface area contributed by atoms with E-state index in [4.69, 9.17) is 21.4 Å². The van der Waals surface area contributed by atoms with Crippen LogP contribution in [0.3, 0.4) is 0 Å². The molecule has 2 heterocycles. The second-order valence-corrected chi connectivity index (χ2v) is 11.7. The summed E-state index contributed by atoms with van der Waals surface area (Å²) in [5.41, 5.74) is 5.16. The summed E-state index contributed by atoms with van der Waals surface area (Å²) in [5, 5.41) is 12.2. The van der Waals surface area contributed by atoms with Crippen LogP contribution in [0.25, 0.3) is 0 Å². The number of amides is 1. The summed E-state index contributed by atoms with van der Waals surface area (Å²) in [7, 11) is 0. The maximum Gasteiger partial charge on any atom is 0.255 e. The third-order valence-corrected chi connectivity index (χ3v) is 8.47. The molecule has 0 saturated heterocycles. The van der Waals surface area contributed by atoms with Gasteiger partial charge < -0.3 is 15.4 Å². The number of rotatable bonds is 9. The van der Waals surface area contributed by atoms with Gasteiger partial charge in [0.1, 0.15) is 24.2 Å². The quantitative estimate of drug-likeness (QED) is 0.161. The van der Waals surface area contributed by atoms with Crippen LogP contribution in [0.5, 0.6) is 5.75 Å². The van der Waals surface area contributed by atoms with Gasteiger partial charge >= 0.3 is 0 Å². The number of carbonyl (C=O) groups excluding carboxylic acids is 1. The second kappa shape index (κ2) is 13.0. The number of anilines is 2. The second-order valence-electron chi connectivity index (χ2n) is 10.4. The molecular formula is C34H29ClFN5O2S. The lowest BCUT2D eigenvalue weighted by Gasteiger charge is -2.28. The summed E-state index contributed by atoms with van der Waals surface area (Å²) < 4.78 is 22.0. The van der Waals surface area contributed by atoms with Crippen LogP contribution in [-0.2, 0) is 17.2 Å². The molecule has 1 aliphatic heterocycles. The highest BCUT2D eigenvalue weighted by molar-refractivity contribution is 7.98. The minimum atomic E-state index is -0.580. The first kappa shape index (κ1) is 29.5. The van der Waals surface area contributed by atoms with Crippen LogP contribution in [0, 0.1) is 12.7 Å². The smallest absolute Gasteiger partial charge is 0.255 e. The van der Waals surface area contributed by atoms with Gasteiger partial charge in [0.25, 0.3) is 5.91 Å². The van der Waals surface area contributed by atoms with E-state index in [1.165, 1.54) is 17.8 Å². The number of hydrogen-bond donors (Lipinski definition) is 2. The number of thioether (sulfide) groups is 1. The fourth-order valence-corrected chi connectivity index (χ4v) is 6.00. The summed E-state index contributed by atoms with van der Waals surface area (Å²) in [6.07, 6.45) is 0. The van der Waals surface area contributed by atoms with E-state index in [0.717, 1.165) is 16.7 Å². The third-order valence-electron chi connectivity index (χ3n) is 7.22. The molecule has 0 spiro atoms. The number of nitrogens with one attached hydrogen (secondary N) is 2. The molecule has 44 heavy (non-hydrogen) atoms. The van der Waals surface area contributed by atoms with Crippen molar-refractivity contribution >= 4 is 40.9 Å². The maximum absolute atomic E-state index is 14.3. The highest BCUT2D eigenvalue weighted by Gasteiger charge is 2.34. The Bertz CT molecular complexity index is 1860. The normalized spacial score (nSPS) is 14.1. The van der Waals surface area contributed by atoms with Crippen LogP contribution in [0.4, 0.5) is 16.0 Å². The van der Waals surface area contributed by atoms with Gasteiger partial charge in [-0.15, -0.1) is 5.10 Å². The van der Waals surface area contributed by atoms with E-state index in [1.54, 1.807) is 22.9 Å². The minimum Gasteiger partial charge on any atom is -0.489 e. The van der Waals surface area contributed by atoms with Gasteiger partial charge in [0.05, 0.1) is 5.57 Å². The number of ether oxygens (including phenoxy) is 1. The molecule has 1 aliphatic rings. The number of allylic oxidation sites excluding steroid dienone is 1. The predicted octanol–water partition coefficient (Wildman–Crippen LogP) is 8.18. The SMILES string of the molecule is CC1=C(C(=O)Nc2cccc(C)c2)C(c2ccc(OCc3ccccc3Cl)cc2)n2nc(SCc3ccccc3F)nc2N1. The van der Waals surface area contributed by atoms with Crippen LogP contribution in [0.15, 0.2) is 113 Å². The molecule has 0 bridgehead atoms. The Morgan fingerprint density at radius 2 is 1.75 bits per heavy atom. The van der Waals surface area contributed by atoms with Gasteiger partial charge in [-0.1, -0.05) is 84.0 Å². The fourth-order valence-electron chi connectivity index (χ4n) is 5.00. The third kappa shape index (κ3) is 6.49. The molecule has 4 aromatic carbocycles. The lowest BCUT2D eigenvalue weighted by Crippen LogP contribution is -2.31. The standard InChI is InChI=1S/C34H29ClFN5O2S/c1-21-8-7-11-26(18-21)38-32(42)30-22(2)37-33-39-34(44-20-25-10-4-6-13-29(25)36)40-41(33)31(30)23-14-16-27(17-15-23)43-19-24-9-3-5-12-28(24)35/h3-18,31H,19-20H2,1-2H3,(H,38,42)(H,37,39,40). The van der Waals surface area contributed by atoms with Crippen molar-refractivity contribution in [3.05, 3.63) is 141 Å². The zero-order valence-corrected chi connectivity index (χ0v) is 25.6. The Balaban J connectivity index is 1.30. The van der Waals surface area contributed by atoms with Crippen molar-refractivity contribution < 1.29 is 13.9 Å². The van der Waals surface area contributed by atoms with Crippen LogP contribution in [-0.4, -0.2) is 20.7 Å². The van der Waals surface area contributed by atoms with Crippen molar-refractivity contribution in [3.8, 4) is 5.75 Å². The molecular weight excluding hydrogens is 597 g/mol. The average molecular weight is 626 g/mol. The number of aromatic nitrogens is 3. The van der Waals surface area contributed by atoms with Gasteiger partial charge in [-0.05, 0) is 66.9 Å². The molecule has 1 amide bonds. The summed E-state index contributed by atoms with van der Waals surface area (Å²) >= 11 is 7.62. The van der Waals surface area contributed by atoms with Gasteiger partial charge in [0.2, 0.25) is 11.1 Å². The first-order valence-electron chi connectivity index (χ1n) is 14.0. The minimum absolute atomic E-state index is 0.258. The summed E-state index contributed by atoms with van der Waals surface area (Å²) in [5.74, 6) is 0.991. The van der Waals surface area contributed by atoms with Crippen molar-refractivity contribution in [2.45, 2.75) is 37.4 Å². The summed E-state index contributed by atoms with van der Waals surface area (Å²) in [4.78, 5) is 18.5. The largest absolute Gasteiger partial charge is 0.489 e. The fraction of sp³-hybridized carbons (Fsp3) is 0.147. The molecule has 0 fully saturated rings. The molecule has 0 saturated carbocycles. The van der Waals surface area contributed by atoms with Crippen LogP contribution >= 0.6 is 23.4 Å². The number of benzene rings is 4. The number of halogens is 2. The summed E-state index contributed by atoms with van der Waals surface area (Å²) in [6.45, 7) is 4.15. The molecule has 6 rings (SSSR count). The molecule has 7 nitrogen and oxygen atoms in total. The van der Waals surface area contributed by atoms with E-state index in [2.05, 4.69) is 15.6 Å². The highest BCUT2D eigenvalue weighted by Crippen LogP contribution is 2.38. The topological polar surface area (TPSA) is 81.1 Å². The van der Waals surface area contributed by atoms with Crippen molar-refractivity contribution in [1.29, 1.82) is 0 Å². The van der Waals surface area contributed by atoms with E-state index >= 15 is 0 Å². The van der Waals surface area contributed by atoms with Crippen LogP contribution in [0.2, 0.25) is 5.02 Å². The zero-order valence-electron chi connectivity index (χ0n) is 24.1. The van der Waals surface area contributed by atoms with Crippen molar-refractivity contribution in [1.82, 2.24) is 14.8 Å². The van der Waals surface area contributed by atoms with Crippen molar-refractivity contribution in [2.75, 3.05) is 10.6 Å². The molecule has 1 unspecified atom stereocenters. The van der Waals surface area contributed by atoms with Gasteiger partial charge in [-0.25, -0.2) is 9.07 Å². The molecule has 0 aliphatic carbocycles. The first-order chi connectivity index (χ1) is 21.4. The van der Waals surface area contributed by atoms with Crippen molar-refractivity contribution in [2.24, 2.45) is 0 Å². The molecule has 0 radical (unpaired) electrons. The van der Waals surface area contributed by atoms with Gasteiger partial charge in [-0.3, -0.25) is 4.79 Å². The number of hydrogen-bond acceptors (Lipinski definition) is 6. The Morgan fingerprint density at radius 3 is 2.50 bits per heavy atom. The number of carbonyl (C=O) groups is 1. The average Bonchev–Trinajstić information content (AvgIpc) is 3.42. The molecule has 10 heteroatoms. The molecule has 2 N–H and O–H groups in total. The predicted molar refractivity (Wildman–Crippen MR) is 172 cm³/mol. The zero-order chi connectivity index (χ0) is 30.6. The van der Waals surface area contributed by atoms with E-state index in [0.29, 0.717) is 56.8 Å². The molecule has 222 valence electrons. The van der Waals surface area contributed by atoms with Gasteiger partial charge in [-0.2, -0.15) is 4.98 Å². The molecule has 5 aromatic rings. The van der Waals surface area contributed by atoms with E-state index in [1.807, 2.05) is 86.6 Å². The lowest BCUT2D eigenvalue weighted by atomic mass is 9.95. The number of nitrogens with zero attached hydrogens (tertiary/aromatic N) is 3. The molecule has 1 aromatic heterocycles. The maximum atomic E-state index is 14.3. The van der Waals surface area contributed by atoms with E-state index in [-0.39, 0.29) is 11.7 Å². The van der Waals surface area contributed by atoms with Crippen molar-refractivity contribution in [3.63, 3.8) is 0 Å².